The van der Waals surface area contributed by atoms with Gasteiger partial charge in [0.25, 0.3) is 0 Å². The zero-order valence-electron chi connectivity index (χ0n) is 18.5. The van der Waals surface area contributed by atoms with E-state index in [2.05, 4.69) is 44.6 Å². The molecule has 1 aromatic rings. The first-order valence-corrected chi connectivity index (χ1v) is 9.47. The van der Waals surface area contributed by atoms with Crippen molar-refractivity contribution in [2.24, 2.45) is 0 Å². The fourth-order valence-corrected chi connectivity index (χ4v) is 3.73. The maximum absolute atomic E-state index is 12.0. The van der Waals surface area contributed by atoms with Crippen LogP contribution in [0, 0.1) is 0 Å². The van der Waals surface area contributed by atoms with Crippen molar-refractivity contribution in [3.63, 3.8) is 0 Å². The van der Waals surface area contributed by atoms with E-state index in [4.69, 9.17) is 14.3 Å². The minimum Gasteiger partial charge on any atom is -0.478 e. The number of benzene rings is 1. The summed E-state index contributed by atoms with van der Waals surface area (Å²) in [5.41, 5.74) is 0.760. The second kappa shape index (κ2) is 8.16. The van der Waals surface area contributed by atoms with Crippen LogP contribution in [0.5, 0.6) is 0 Å². The first kappa shape index (κ1) is 22.9. The first-order chi connectivity index (χ1) is 13.4. The molecule has 0 amide bonds. The van der Waals surface area contributed by atoms with Gasteiger partial charge in [-0.05, 0) is 52.7 Å². The van der Waals surface area contributed by atoms with Gasteiger partial charge in [0, 0.05) is 0 Å². The lowest BCUT2D eigenvalue weighted by Crippen LogP contribution is -2.48. The van der Waals surface area contributed by atoms with Gasteiger partial charge >= 0.3 is 11.9 Å². The predicted octanol–water partition coefficient (Wildman–Crippen LogP) is 3.43. The summed E-state index contributed by atoms with van der Waals surface area (Å²) in [4.78, 5) is 29.8. The van der Waals surface area contributed by atoms with E-state index in [-0.39, 0.29) is 23.4 Å². The molecule has 0 unspecified atom stereocenters. The van der Waals surface area contributed by atoms with E-state index in [0.717, 1.165) is 6.08 Å². The van der Waals surface area contributed by atoms with Crippen molar-refractivity contribution in [2.45, 2.75) is 58.2 Å². The fourth-order valence-electron chi connectivity index (χ4n) is 3.73. The van der Waals surface area contributed by atoms with Crippen LogP contribution in [-0.4, -0.2) is 43.4 Å². The van der Waals surface area contributed by atoms with E-state index >= 15 is 0 Å². The molecule has 1 aromatic carbocycles. The number of carbonyl (C=O) groups excluding carboxylic acids is 2. The lowest BCUT2D eigenvalue weighted by molar-refractivity contribution is -0.280. The Morgan fingerprint density at radius 3 is 1.97 bits per heavy atom. The lowest BCUT2D eigenvalue weighted by atomic mass is 9.91. The number of rotatable bonds is 7. The van der Waals surface area contributed by atoms with Crippen molar-refractivity contribution in [1.82, 2.24) is 5.06 Å². The topological polar surface area (TPSA) is 74.3 Å². The largest absolute Gasteiger partial charge is 0.478 e. The van der Waals surface area contributed by atoms with Gasteiger partial charge in [0.05, 0.1) is 31.4 Å². The van der Waals surface area contributed by atoms with Crippen LogP contribution in [0.25, 0.3) is 0 Å². The summed E-state index contributed by atoms with van der Waals surface area (Å²) in [6, 6.07) is 8.26. The number of esters is 2. The third kappa shape index (κ3) is 4.62. The molecular weight excluding hydrogens is 374 g/mol. The van der Waals surface area contributed by atoms with Crippen LogP contribution >= 0.6 is 0 Å². The Bertz CT molecular complexity index is 774. The molecule has 0 N–H and O–H groups in total. The van der Waals surface area contributed by atoms with Gasteiger partial charge in [-0.1, -0.05) is 24.3 Å². The summed E-state index contributed by atoms with van der Waals surface area (Å²) in [6.07, 6.45) is 0.965. The van der Waals surface area contributed by atoms with Crippen molar-refractivity contribution in [3.8, 4) is 0 Å². The van der Waals surface area contributed by atoms with Gasteiger partial charge in [-0.25, -0.2) is 9.59 Å². The smallest absolute Gasteiger partial charge is 0.373 e. The SMILES string of the molecule is COC(=O)/C=C(/OC(C)(C)CON1C(C)(C)c2ccccc2C1(C)C)C(=O)OC. The molecule has 0 aromatic heterocycles. The third-order valence-electron chi connectivity index (χ3n) is 5.02. The van der Waals surface area contributed by atoms with Crippen molar-refractivity contribution in [1.29, 1.82) is 0 Å². The molecule has 0 bridgehead atoms. The molecule has 0 atom stereocenters. The average molecular weight is 405 g/mol. The Morgan fingerprint density at radius 1 is 1.00 bits per heavy atom. The zero-order valence-corrected chi connectivity index (χ0v) is 18.5. The minimum absolute atomic E-state index is 0.142. The quantitative estimate of drug-likeness (QED) is 0.391. The van der Waals surface area contributed by atoms with E-state index in [1.54, 1.807) is 13.8 Å². The first-order valence-electron chi connectivity index (χ1n) is 9.47. The van der Waals surface area contributed by atoms with Gasteiger partial charge in [0.2, 0.25) is 5.76 Å². The number of hydrogen-bond donors (Lipinski definition) is 0. The van der Waals surface area contributed by atoms with Crippen molar-refractivity contribution in [2.75, 3.05) is 20.8 Å². The standard InChI is InChI=1S/C22H31NO6/c1-20(2,29-17(19(25)27-8)13-18(24)26-7)14-28-23-21(3,4)15-11-9-10-12-16(15)22(23,5)6/h9-13H,14H2,1-8H3/b17-13+. The molecule has 0 aliphatic carbocycles. The molecule has 0 spiro atoms. The number of carbonyl (C=O) groups is 2. The Kier molecular flexibility index (Phi) is 6.45. The van der Waals surface area contributed by atoms with Crippen LogP contribution in [0.1, 0.15) is 52.7 Å². The summed E-state index contributed by atoms with van der Waals surface area (Å²) in [6.45, 7) is 12.1. The van der Waals surface area contributed by atoms with Crippen molar-refractivity contribution in [3.05, 3.63) is 47.2 Å². The van der Waals surface area contributed by atoms with Crippen LogP contribution < -0.4 is 0 Å². The van der Waals surface area contributed by atoms with Gasteiger partial charge in [-0.15, -0.1) is 0 Å². The van der Waals surface area contributed by atoms with Gasteiger partial charge < -0.3 is 14.2 Å². The van der Waals surface area contributed by atoms with Crippen molar-refractivity contribution >= 4 is 11.9 Å². The number of ether oxygens (including phenoxy) is 3. The van der Waals surface area contributed by atoms with Crippen LogP contribution in [0.3, 0.4) is 0 Å². The fraction of sp³-hybridized carbons (Fsp3) is 0.545. The highest BCUT2D eigenvalue weighted by atomic mass is 16.7. The Labute approximate surface area is 172 Å². The summed E-state index contributed by atoms with van der Waals surface area (Å²) < 4.78 is 15.0. The summed E-state index contributed by atoms with van der Waals surface area (Å²) in [5, 5.41) is 1.96. The molecule has 7 heteroatoms. The van der Waals surface area contributed by atoms with E-state index in [0.29, 0.717) is 0 Å². The van der Waals surface area contributed by atoms with Crippen LogP contribution in [0.4, 0.5) is 0 Å². The maximum Gasteiger partial charge on any atom is 0.373 e. The summed E-state index contributed by atoms with van der Waals surface area (Å²) in [7, 11) is 2.43. The molecule has 1 aliphatic heterocycles. The third-order valence-corrected chi connectivity index (χ3v) is 5.02. The molecular formula is C22H31NO6. The number of hydroxylamine groups is 2. The number of fused-ring (bicyclic) bond motifs is 1. The van der Waals surface area contributed by atoms with E-state index in [1.165, 1.54) is 25.3 Å². The maximum atomic E-state index is 12.0. The number of methoxy groups -OCH3 is 2. The molecule has 29 heavy (non-hydrogen) atoms. The number of nitrogens with zero attached hydrogens (tertiary/aromatic N) is 1. The molecule has 0 radical (unpaired) electrons. The van der Waals surface area contributed by atoms with Crippen LogP contribution in [0.2, 0.25) is 0 Å². The van der Waals surface area contributed by atoms with E-state index < -0.39 is 17.5 Å². The predicted molar refractivity (Wildman–Crippen MR) is 108 cm³/mol. The molecule has 0 saturated carbocycles. The zero-order chi connectivity index (χ0) is 22.0. The second-order valence-corrected chi connectivity index (χ2v) is 8.62. The lowest BCUT2D eigenvalue weighted by Gasteiger charge is -2.41. The monoisotopic (exact) mass is 405 g/mol. The minimum atomic E-state index is -0.922. The highest BCUT2D eigenvalue weighted by molar-refractivity contribution is 5.94. The van der Waals surface area contributed by atoms with E-state index in [9.17, 15) is 9.59 Å². The molecule has 1 heterocycles. The normalized spacial score (nSPS) is 18.1. The second-order valence-electron chi connectivity index (χ2n) is 8.62. The van der Waals surface area contributed by atoms with Gasteiger partial charge in [-0.2, -0.15) is 5.06 Å². The highest BCUT2D eigenvalue weighted by Crippen LogP contribution is 2.49. The molecule has 2 rings (SSSR count). The molecule has 7 nitrogen and oxygen atoms in total. The Hall–Kier alpha value is -2.38. The molecule has 160 valence electrons. The summed E-state index contributed by atoms with van der Waals surface area (Å²) >= 11 is 0. The van der Waals surface area contributed by atoms with Gasteiger partial charge in [0.15, 0.2) is 0 Å². The highest BCUT2D eigenvalue weighted by Gasteiger charge is 2.50. The molecule has 0 fully saturated rings. The Balaban J connectivity index is 2.20. The summed E-state index contributed by atoms with van der Waals surface area (Å²) in [5.74, 6) is -1.71. The number of hydrogen-bond acceptors (Lipinski definition) is 7. The Morgan fingerprint density at radius 2 is 1.52 bits per heavy atom. The van der Waals surface area contributed by atoms with Gasteiger partial charge in [-0.3, -0.25) is 4.84 Å². The van der Waals surface area contributed by atoms with E-state index in [1.807, 2.05) is 17.2 Å². The van der Waals surface area contributed by atoms with Gasteiger partial charge in [0.1, 0.15) is 12.2 Å². The van der Waals surface area contributed by atoms with Crippen molar-refractivity contribution < 1.29 is 28.6 Å². The average Bonchev–Trinajstić information content (AvgIpc) is 2.81. The van der Waals surface area contributed by atoms with Crippen LogP contribution in [0.15, 0.2) is 36.1 Å². The van der Waals surface area contributed by atoms with Crippen LogP contribution in [-0.2, 0) is 39.7 Å². The molecule has 0 saturated heterocycles. The molecule has 1 aliphatic rings.